The molecule has 3 nitrogen and oxygen atoms in total. The van der Waals surface area contributed by atoms with E-state index < -0.39 is 0 Å². The van der Waals surface area contributed by atoms with Crippen molar-refractivity contribution < 1.29 is 14.3 Å². The summed E-state index contributed by atoms with van der Waals surface area (Å²) in [7, 11) is 0. The monoisotopic (exact) mass is 220 g/mol. The lowest BCUT2D eigenvalue weighted by Crippen LogP contribution is -2.17. The number of ketones is 1. The molecule has 2 rings (SSSR count). The van der Waals surface area contributed by atoms with Gasteiger partial charge in [-0.3, -0.25) is 4.79 Å². The summed E-state index contributed by atoms with van der Waals surface area (Å²) in [6.45, 7) is 1.35. The Kier molecular flexibility index (Phi) is 4.08. The number of rotatable bonds is 3. The fourth-order valence-corrected chi connectivity index (χ4v) is 1.70. The highest BCUT2D eigenvalue weighted by molar-refractivity contribution is 5.79. The van der Waals surface area contributed by atoms with E-state index in [1.807, 2.05) is 30.3 Å². The van der Waals surface area contributed by atoms with Gasteiger partial charge in [0.25, 0.3) is 0 Å². The highest BCUT2D eigenvalue weighted by Gasteiger charge is 2.17. The quantitative estimate of drug-likeness (QED) is 0.781. The van der Waals surface area contributed by atoms with Crippen LogP contribution in [0.1, 0.15) is 18.4 Å². The van der Waals surface area contributed by atoms with Gasteiger partial charge in [0.15, 0.2) is 5.78 Å². The number of carbonyl (C=O) groups is 1. The lowest BCUT2D eigenvalue weighted by molar-refractivity contribution is -0.122. The number of Topliss-reactive ketones (excluding diaryl/α,β-unsaturated/α-hetero) is 1. The van der Waals surface area contributed by atoms with Crippen LogP contribution in [0.3, 0.4) is 0 Å². The Balaban J connectivity index is 1.79. The Labute approximate surface area is 95.4 Å². The zero-order valence-electron chi connectivity index (χ0n) is 9.22. The first-order valence-corrected chi connectivity index (χ1v) is 5.59. The molecule has 0 radical (unpaired) electrons. The van der Waals surface area contributed by atoms with Crippen LogP contribution in [-0.4, -0.2) is 25.1 Å². The smallest absolute Gasteiger partial charge is 0.158 e. The highest BCUT2D eigenvalue weighted by Crippen LogP contribution is 2.11. The maximum atomic E-state index is 11.1. The molecule has 1 aliphatic heterocycles. The van der Waals surface area contributed by atoms with Crippen LogP contribution in [-0.2, 0) is 20.9 Å². The molecule has 86 valence electrons. The zero-order valence-corrected chi connectivity index (χ0v) is 9.22. The average Bonchev–Trinajstić information content (AvgIpc) is 2.53. The fourth-order valence-electron chi connectivity index (χ4n) is 1.70. The average molecular weight is 220 g/mol. The summed E-state index contributed by atoms with van der Waals surface area (Å²) < 4.78 is 11.0. The third-order valence-corrected chi connectivity index (χ3v) is 2.64. The van der Waals surface area contributed by atoms with Crippen molar-refractivity contribution >= 4 is 5.78 Å². The van der Waals surface area contributed by atoms with Crippen LogP contribution in [0.2, 0.25) is 0 Å². The van der Waals surface area contributed by atoms with E-state index in [9.17, 15) is 4.79 Å². The van der Waals surface area contributed by atoms with Gasteiger partial charge >= 0.3 is 0 Å². The van der Waals surface area contributed by atoms with Crippen molar-refractivity contribution in [1.29, 1.82) is 0 Å². The molecule has 0 amide bonds. The second kappa shape index (κ2) is 5.77. The Morgan fingerprint density at radius 3 is 2.94 bits per heavy atom. The van der Waals surface area contributed by atoms with Gasteiger partial charge in [-0.1, -0.05) is 30.3 Å². The number of carbonyl (C=O) groups excluding carboxylic acids is 1. The molecule has 0 bridgehead atoms. The molecular formula is C13H16O3. The first kappa shape index (κ1) is 11.3. The third kappa shape index (κ3) is 3.43. The molecule has 0 aromatic heterocycles. The zero-order chi connectivity index (χ0) is 11.2. The van der Waals surface area contributed by atoms with E-state index in [-0.39, 0.29) is 18.5 Å². The molecule has 1 aromatic rings. The number of ether oxygens (including phenoxy) is 2. The lowest BCUT2D eigenvalue weighted by atomic mass is 10.1. The summed E-state index contributed by atoms with van der Waals surface area (Å²) in [4.78, 5) is 11.1. The summed E-state index contributed by atoms with van der Waals surface area (Å²) in [5, 5.41) is 0. The van der Waals surface area contributed by atoms with Gasteiger partial charge in [-0.15, -0.1) is 0 Å². The van der Waals surface area contributed by atoms with Gasteiger partial charge in [0.05, 0.1) is 19.3 Å². The molecule has 1 aliphatic rings. The van der Waals surface area contributed by atoms with E-state index in [0.717, 1.165) is 12.0 Å². The van der Waals surface area contributed by atoms with Crippen molar-refractivity contribution in [3.63, 3.8) is 0 Å². The van der Waals surface area contributed by atoms with Gasteiger partial charge in [0, 0.05) is 6.42 Å². The number of hydrogen-bond acceptors (Lipinski definition) is 3. The largest absolute Gasteiger partial charge is 0.371 e. The summed E-state index contributed by atoms with van der Waals surface area (Å²) in [5.74, 6) is 0.172. The van der Waals surface area contributed by atoms with Crippen molar-refractivity contribution in [2.24, 2.45) is 0 Å². The molecule has 0 unspecified atom stereocenters. The number of hydrogen-bond donors (Lipinski definition) is 0. The first-order valence-electron chi connectivity index (χ1n) is 5.59. The van der Waals surface area contributed by atoms with Gasteiger partial charge in [0.2, 0.25) is 0 Å². The SMILES string of the molecule is O=C1CC[C@@H](OCc2ccccc2)COC1. The summed E-state index contributed by atoms with van der Waals surface area (Å²) >= 11 is 0. The number of benzene rings is 1. The predicted octanol–water partition coefficient (Wildman–Crippen LogP) is 1.95. The summed E-state index contributed by atoms with van der Waals surface area (Å²) in [6, 6.07) is 10.0. The van der Waals surface area contributed by atoms with Crippen molar-refractivity contribution in [2.75, 3.05) is 13.2 Å². The van der Waals surface area contributed by atoms with Gasteiger partial charge in [-0.2, -0.15) is 0 Å². The Morgan fingerprint density at radius 2 is 2.12 bits per heavy atom. The molecule has 1 fully saturated rings. The van der Waals surface area contributed by atoms with E-state index in [1.54, 1.807) is 0 Å². The minimum absolute atomic E-state index is 0.0478. The van der Waals surface area contributed by atoms with Crippen molar-refractivity contribution in [3.05, 3.63) is 35.9 Å². The van der Waals surface area contributed by atoms with Crippen LogP contribution >= 0.6 is 0 Å². The van der Waals surface area contributed by atoms with Gasteiger partial charge in [0.1, 0.15) is 6.61 Å². The minimum atomic E-state index is 0.0478. The van der Waals surface area contributed by atoms with Gasteiger partial charge in [-0.25, -0.2) is 0 Å². The molecule has 0 saturated carbocycles. The van der Waals surface area contributed by atoms with Crippen molar-refractivity contribution in [1.82, 2.24) is 0 Å². The minimum Gasteiger partial charge on any atom is -0.371 e. The summed E-state index contributed by atoms with van der Waals surface area (Å²) in [5.41, 5.74) is 1.15. The molecule has 0 N–H and O–H groups in total. The van der Waals surface area contributed by atoms with Crippen LogP contribution in [0.25, 0.3) is 0 Å². The van der Waals surface area contributed by atoms with Crippen molar-refractivity contribution in [3.8, 4) is 0 Å². The molecule has 0 spiro atoms. The molecular weight excluding hydrogens is 204 g/mol. The van der Waals surface area contributed by atoms with Crippen LogP contribution in [0, 0.1) is 0 Å². The van der Waals surface area contributed by atoms with Gasteiger partial charge in [-0.05, 0) is 12.0 Å². The Bertz CT molecular complexity index is 334. The topological polar surface area (TPSA) is 35.5 Å². The molecule has 16 heavy (non-hydrogen) atoms. The molecule has 1 heterocycles. The molecule has 1 saturated heterocycles. The van der Waals surface area contributed by atoms with Crippen LogP contribution in [0.4, 0.5) is 0 Å². The molecule has 3 heteroatoms. The lowest BCUT2D eigenvalue weighted by Gasteiger charge is -2.14. The van der Waals surface area contributed by atoms with E-state index in [2.05, 4.69) is 0 Å². The molecule has 1 aromatic carbocycles. The summed E-state index contributed by atoms with van der Waals surface area (Å²) in [6.07, 6.45) is 1.39. The van der Waals surface area contributed by atoms with E-state index in [0.29, 0.717) is 19.6 Å². The van der Waals surface area contributed by atoms with E-state index in [1.165, 1.54) is 0 Å². The second-order valence-corrected chi connectivity index (χ2v) is 4.01. The van der Waals surface area contributed by atoms with Crippen LogP contribution < -0.4 is 0 Å². The maximum absolute atomic E-state index is 11.1. The standard InChI is InChI=1S/C13H16O3/c14-12-6-7-13(10-15-9-12)16-8-11-4-2-1-3-5-11/h1-5,13H,6-10H2/t13-/m1/s1. The van der Waals surface area contributed by atoms with E-state index in [4.69, 9.17) is 9.47 Å². The predicted molar refractivity (Wildman–Crippen MR) is 60.1 cm³/mol. The van der Waals surface area contributed by atoms with Gasteiger partial charge < -0.3 is 9.47 Å². The van der Waals surface area contributed by atoms with Crippen LogP contribution in [0.15, 0.2) is 30.3 Å². The fraction of sp³-hybridized carbons (Fsp3) is 0.462. The Morgan fingerprint density at radius 1 is 1.31 bits per heavy atom. The van der Waals surface area contributed by atoms with E-state index >= 15 is 0 Å². The maximum Gasteiger partial charge on any atom is 0.158 e. The third-order valence-electron chi connectivity index (χ3n) is 2.64. The highest BCUT2D eigenvalue weighted by atomic mass is 16.5. The first-order chi connectivity index (χ1) is 7.84. The van der Waals surface area contributed by atoms with Crippen molar-refractivity contribution in [2.45, 2.75) is 25.6 Å². The molecule has 1 atom stereocenters. The Hall–Kier alpha value is -1.19. The van der Waals surface area contributed by atoms with Crippen LogP contribution in [0.5, 0.6) is 0 Å². The normalized spacial score (nSPS) is 21.8. The second-order valence-electron chi connectivity index (χ2n) is 4.01. The molecule has 0 aliphatic carbocycles.